The van der Waals surface area contributed by atoms with Gasteiger partial charge in [-0.25, -0.2) is 8.42 Å². The summed E-state index contributed by atoms with van der Waals surface area (Å²) < 4.78 is 42.9. The molecule has 1 fully saturated rings. The molecule has 2 aliphatic rings. The van der Waals surface area contributed by atoms with Gasteiger partial charge in [-0.1, -0.05) is 11.6 Å². The Morgan fingerprint density at radius 2 is 1.84 bits per heavy atom. The number of non-ortho nitro benzene ring substituents is 1. The lowest BCUT2D eigenvalue weighted by molar-refractivity contribution is -0.385. The molecule has 0 radical (unpaired) electrons. The van der Waals surface area contributed by atoms with E-state index in [2.05, 4.69) is 0 Å². The number of carbonyl (C=O) groups is 1. The van der Waals surface area contributed by atoms with E-state index in [1.807, 2.05) is 0 Å². The van der Waals surface area contributed by atoms with Crippen LogP contribution in [-0.2, 0) is 14.8 Å². The molecule has 2 aromatic carbocycles. The van der Waals surface area contributed by atoms with Crippen molar-refractivity contribution in [1.29, 1.82) is 0 Å². The molecule has 0 unspecified atom stereocenters. The number of carbonyl (C=O) groups excluding carboxylic acids is 1. The molecule has 2 heterocycles. The Labute approximate surface area is 182 Å². The van der Waals surface area contributed by atoms with Crippen molar-refractivity contribution in [3.63, 3.8) is 0 Å². The maximum Gasteiger partial charge on any atom is 0.314 e. The Hall–Kier alpha value is -2.89. The van der Waals surface area contributed by atoms with Crippen molar-refractivity contribution in [2.45, 2.75) is 17.7 Å². The minimum atomic E-state index is -4.05. The molecule has 1 saturated heterocycles. The molecule has 4 rings (SSSR count). The minimum absolute atomic E-state index is 0.0578. The Morgan fingerprint density at radius 1 is 1.13 bits per heavy atom. The van der Waals surface area contributed by atoms with Crippen molar-refractivity contribution >= 4 is 33.3 Å². The van der Waals surface area contributed by atoms with Crippen LogP contribution in [0.5, 0.6) is 17.2 Å². The van der Waals surface area contributed by atoms with Gasteiger partial charge in [0.15, 0.2) is 11.5 Å². The van der Waals surface area contributed by atoms with Gasteiger partial charge in [-0.05, 0) is 31.0 Å². The number of ether oxygens (including phenoxy) is 3. The molecule has 0 aromatic heterocycles. The second-order valence-corrected chi connectivity index (χ2v) is 9.30. The van der Waals surface area contributed by atoms with Crippen molar-refractivity contribution in [3.8, 4) is 17.2 Å². The zero-order chi connectivity index (χ0) is 22.2. The fourth-order valence-corrected chi connectivity index (χ4v) is 5.38. The lowest BCUT2D eigenvalue weighted by Crippen LogP contribution is -2.41. The monoisotopic (exact) mass is 468 g/mol. The number of piperidine rings is 1. The average Bonchev–Trinajstić information content (AvgIpc) is 3.21. The highest BCUT2D eigenvalue weighted by atomic mass is 35.5. The topological polar surface area (TPSA) is 125 Å². The van der Waals surface area contributed by atoms with E-state index in [4.69, 9.17) is 25.8 Å². The number of benzene rings is 2. The van der Waals surface area contributed by atoms with Gasteiger partial charge in [-0.3, -0.25) is 14.9 Å². The fraction of sp³-hybridized carbons (Fsp3) is 0.316. The van der Waals surface area contributed by atoms with Gasteiger partial charge < -0.3 is 14.2 Å². The van der Waals surface area contributed by atoms with Crippen LogP contribution in [0.25, 0.3) is 0 Å². The smallest absolute Gasteiger partial charge is 0.314 e. The van der Waals surface area contributed by atoms with Crippen LogP contribution in [-0.4, -0.2) is 43.5 Å². The maximum absolute atomic E-state index is 12.9. The number of halogens is 1. The summed E-state index contributed by atoms with van der Waals surface area (Å²) in [6.45, 7) is 0.221. The number of hydrogen-bond acceptors (Lipinski definition) is 8. The van der Waals surface area contributed by atoms with Crippen molar-refractivity contribution in [2.75, 3.05) is 19.9 Å². The summed E-state index contributed by atoms with van der Waals surface area (Å²) in [6.07, 6.45) is 0.490. The van der Waals surface area contributed by atoms with E-state index in [1.54, 1.807) is 18.2 Å². The third-order valence-electron chi connectivity index (χ3n) is 5.09. The Bertz CT molecular complexity index is 1150. The van der Waals surface area contributed by atoms with Crippen LogP contribution in [0, 0.1) is 16.0 Å². The van der Waals surface area contributed by atoms with Crippen LogP contribution >= 0.6 is 11.6 Å². The first-order valence-corrected chi connectivity index (χ1v) is 11.1. The molecule has 0 bridgehead atoms. The number of esters is 1. The van der Waals surface area contributed by atoms with Gasteiger partial charge >= 0.3 is 5.97 Å². The molecule has 2 aromatic rings. The Morgan fingerprint density at radius 3 is 2.55 bits per heavy atom. The molecule has 10 nitrogen and oxygen atoms in total. The Balaban J connectivity index is 1.41. The fourth-order valence-electron chi connectivity index (χ4n) is 3.41. The molecule has 0 amide bonds. The quantitative estimate of drug-likeness (QED) is 0.284. The van der Waals surface area contributed by atoms with Gasteiger partial charge in [0.2, 0.25) is 16.8 Å². The summed E-state index contributed by atoms with van der Waals surface area (Å²) in [5.41, 5.74) is -0.370. The third-order valence-corrected chi connectivity index (χ3v) is 7.47. The number of rotatable bonds is 5. The highest BCUT2D eigenvalue weighted by Gasteiger charge is 2.35. The van der Waals surface area contributed by atoms with Crippen LogP contribution in [0.4, 0.5) is 5.69 Å². The summed E-state index contributed by atoms with van der Waals surface area (Å²) in [7, 11) is -4.05. The van der Waals surface area contributed by atoms with Crippen LogP contribution in [0.3, 0.4) is 0 Å². The van der Waals surface area contributed by atoms with E-state index in [-0.39, 0.29) is 48.3 Å². The molecule has 164 valence electrons. The van der Waals surface area contributed by atoms with Gasteiger partial charge in [0.05, 0.1) is 15.9 Å². The van der Waals surface area contributed by atoms with E-state index >= 15 is 0 Å². The normalized spacial score (nSPS) is 16.8. The van der Waals surface area contributed by atoms with Gasteiger partial charge in [0, 0.05) is 31.3 Å². The number of hydrogen-bond donors (Lipinski definition) is 0. The van der Waals surface area contributed by atoms with Crippen molar-refractivity contribution in [1.82, 2.24) is 4.31 Å². The van der Waals surface area contributed by atoms with Crippen molar-refractivity contribution in [2.24, 2.45) is 5.92 Å². The van der Waals surface area contributed by atoms with E-state index in [9.17, 15) is 23.3 Å². The summed E-state index contributed by atoms with van der Waals surface area (Å²) >= 11 is 5.99. The number of nitrogens with zero attached hydrogens (tertiary/aromatic N) is 2. The molecule has 12 heteroatoms. The lowest BCUT2D eigenvalue weighted by Gasteiger charge is -2.30. The van der Waals surface area contributed by atoms with Crippen LogP contribution in [0.15, 0.2) is 41.3 Å². The SMILES string of the molecule is O=C(Oc1ccc2c(c1)OCO2)C1CCN(S(=O)(=O)c2cc([N+](=O)[O-])ccc2Cl)CC1. The predicted molar refractivity (Wildman–Crippen MR) is 108 cm³/mol. The molecular formula is C19H17ClN2O8S. The molecule has 0 atom stereocenters. The van der Waals surface area contributed by atoms with Crippen LogP contribution in [0.1, 0.15) is 12.8 Å². The maximum atomic E-state index is 12.9. The standard InChI is InChI=1S/C19H17ClN2O8S/c20-15-3-1-13(22(24)25)9-18(15)31(26,27)21-7-5-12(6-8-21)19(23)30-14-2-4-16-17(10-14)29-11-28-16/h1-4,9-10,12H,5-8,11H2. The number of fused-ring (bicyclic) bond motifs is 1. The zero-order valence-corrected chi connectivity index (χ0v) is 17.6. The molecule has 0 saturated carbocycles. The van der Waals surface area contributed by atoms with Crippen LogP contribution < -0.4 is 14.2 Å². The summed E-state index contributed by atoms with van der Waals surface area (Å²) in [6, 6.07) is 8.06. The van der Waals surface area contributed by atoms with Gasteiger partial charge in [0.25, 0.3) is 5.69 Å². The third kappa shape index (κ3) is 4.29. The van der Waals surface area contributed by atoms with Gasteiger partial charge in [-0.2, -0.15) is 4.31 Å². The van der Waals surface area contributed by atoms with Crippen molar-refractivity contribution < 1.29 is 32.3 Å². The number of sulfonamides is 1. The molecule has 0 aliphatic carbocycles. The summed E-state index contributed by atoms with van der Waals surface area (Å²) in [5.74, 6) is 0.410. The lowest BCUT2D eigenvalue weighted by atomic mass is 9.98. The zero-order valence-electron chi connectivity index (χ0n) is 16.0. The predicted octanol–water partition coefficient (Wildman–Crippen LogP) is 2.98. The summed E-state index contributed by atoms with van der Waals surface area (Å²) in [5, 5.41) is 10.9. The summed E-state index contributed by atoms with van der Waals surface area (Å²) in [4.78, 5) is 22.5. The highest BCUT2D eigenvalue weighted by molar-refractivity contribution is 7.89. The molecule has 0 spiro atoms. The molecule has 2 aliphatic heterocycles. The minimum Gasteiger partial charge on any atom is -0.454 e. The second kappa shape index (κ2) is 8.33. The van der Waals surface area contributed by atoms with Gasteiger partial charge in [0.1, 0.15) is 10.6 Å². The molecule has 0 N–H and O–H groups in total. The van der Waals surface area contributed by atoms with Crippen molar-refractivity contribution in [3.05, 3.63) is 51.5 Å². The first-order chi connectivity index (χ1) is 14.8. The number of nitro groups is 1. The van der Waals surface area contributed by atoms with E-state index in [1.165, 1.54) is 10.4 Å². The second-order valence-electron chi connectivity index (χ2n) is 6.99. The first-order valence-electron chi connectivity index (χ1n) is 9.31. The molecular weight excluding hydrogens is 452 g/mol. The number of nitro benzene ring substituents is 1. The largest absolute Gasteiger partial charge is 0.454 e. The van der Waals surface area contributed by atoms with E-state index in [0.29, 0.717) is 17.2 Å². The van der Waals surface area contributed by atoms with E-state index < -0.39 is 26.8 Å². The Kier molecular flexibility index (Phi) is 5.73. The highest BCUT2D eigenvalue weighted by Crippen LogP contribution is 2.36. The van der Waals surface area contributed by atoms with E-state index in [0.717, 1.165) is 12.1 Å². The average molecular weight is 469 g/mol. The van der Waals surface area contributed by atoms with Gasteiger partial charge in [-0.15, -0.1) is 0 Å². The molecule has 31 heavy (non-hydrogen) atoms. The first kappa shape index (κ1) is 21.3. The van der Waals surface area contributed by atoms with Crippen LogP contribution in [0.2, 0.25) is 5.02 Å².